The second-order valence-corrected chi connectivity index (χ2v) is 6.69. The molecule has 2 rings (SSSR count). The zero-order valence-electron chi connectivity index (χ0n) is 11.5. The number of benzene rings is 1. The lowest BCUT2D eigenvalue weighted by Gasteiger charge is -2.23. The van der Waals surface area contributed by atoms with Crippen LogP contribution in [0.25, 0.3) is 0 Å². The number of aliphatic hydroxyl groups is 1. The molecule has 0 aliphatic carbocycles. The van der Waals surface area contributed by atoms with Crippen LogP contribution in [0.4, 0.5) is 5.69 Å². The summed E-state index contributed by atoms with van der Waals surface area (Å²) in [6.07, 6.45) is 4.15. The molecule has 1 aromatic rings. The van der Waals surface area contributed by atoms with Gasteiger partial charge in [0, 0.05) is 31.6 Å². The lowest BCUT2D eigenvalue weighted by molar-refractivity contribution is 0.128. The maximum Gasteiger partial charge on any atom is 0.229 e. The van der Waals surface area contributed by atoms with Crippen molar-refractivity contribution in [2.45, 2.75) is 6.10 Å². The van der Waals surface area contributed by atoms with E-state index in [2.05, 4.69) is 4.72 Å². The summed E-state index contributed by atoms with van der Waals surface area (Å²) in [5, 5.41) is 10.3. The molecule has 1 aliphatic rings. The SMILES string of the molecule is CN1C=CN(CC(O)c2ccccc2NS(C)(=O)=O)C1. The Morgan fingerprint density at radius 2 is 2.05 bits per heavy atom. The van der Waals surface area contributed by atoms with E-state index < -0.39 is 16.1 Å². The van der Waals surface area contributed by atoms with Gasteiger partial charge < -0.3 is 14.9 Å². The summed E-state index contributed by atoms with van der Waals surface area (Å²) in [4.78, 5) is 3.95. The minimum atomic E-state index is -3.37. The molecule has 1 aliphatic heterocycles. The molecule has 0 radical (unpaired) electrons. The highest BCUT2D eigenvalue weighted by atomic mass is 32.2. The fraction of sp³-hybridized carbons (Fsp3) is 0.385. The lowest BCUT2D eigenvalue weighted by Crippen LogP contribution is -2.27. The zero-order valence-corrected chi connectivity index (χ0v) is 12.3. The molecule has 0 fully saturated rings. The molecule has 7 heteroatoms. The molecule has 1 unspecified atom stereocenters. The summed E-state index contributed by atoms with van der Waals surface area (Å²) in [7, 11) is -1.42. The number of β-amino-alcohol motifs (C(OH)–C–C–N with tert-alkyl or cyclic N) is 1. The van der Waals surface area contributed by atoms with Crippen LogP contribution in [-0.4, -0.2) is 49.8 Å². The van der Waals surface area contributed by atoms with Gasteiger partial charge in [-0.3, -0.25) is 4.72 Å². The quantitative estimate of drug-likeness (QED) is 0.840. The summed E-state index contributed by atoms with van der Waals surface area (Å²) in [5.41, 5.74) is 0.986. The summed E-state index contributed by atoms with van der Waals surface area (Å²) in [5.74, 6) is 0. The number of nitrogens with zero attached hydrogens (tertiary/aromatic N) is 2. The molecular formula is C13H19N3O3S. The molecule has 0 amide bonds. The minimum absolute atomic E-state index is 0.406. The van der Waals surface area contributed by atoms with Crippen LogP contribution in [0.5, 0.6) is 0 Å². The molecule has 0 spiro atoms. The zero-order chi connectivity index (χ0) is 14.8. The predicted molar refractivity (Wildman–Crippen MR) is 78.3 cm³/mol. The van der Waals surface area contributed by atoms with Crippen molar-refractivity contribution in [2.75, 3.05) is 31.2 Å². The average Bonchev–Trinajstić information content (AvgIpc) is 2.73. The van der Waals surface area contributed by atoms with E-state index >= 15 is 0 Å². The number of sulfonamides is 1. The molecule has 20 heavy (non-hydrogen) atoms. The molecule has 6 nitrogen and oxygen atoms in total. The van der Waals surface area contributed by atoms with Crippen LogP contribution in [0.3, 0.4) is 0 Å². The van der Waals surface area contributed by atoms with Crippen molar-refractivity contribution in [1.29, 1.82) is 0 Å². The van der Waals surface area contributed by atoms with E-state index in [1.165, 1.54) is 0 Å². The Balaban J connectivity index is 2.13. The lowest BCUT2D eigenvalue weighted by atomic mass is 10.1. The number of hydrogen-bond acceptors (Lipinski definition) is 5. The molecule has 1 heterocycles. The monoisotopic (exact) mass is 297 g/mol. The van der Waals surface area contributed by atoms with E-state index in [9.17, 15) is 13.5 Å². The molecule has 2 N–H and O–H groups in total. The third-order valence-corrected chi connectivity index (χ3v) is 3.55. The van der Waals surface area contributed by atoms with Gasteiger partial charge in [0.05, 0.1) is 24.7 Å². The number of hydrogen-bond donors (Lipinski definition) is 2. The fourth-order valence-electron chi connectivity index (χ4n) is 2.11. The second-order valence-electron chi connectivity index (χ2n) is 4.95. The molecular weight excluding hydrogens is 278 g/mol. The number of para-hydroxylation sites is 1. The second kappa shape index (κ2) is 5.72. The van der Waals surface area contributed by atoms with Crippen molar-refractivity contribution in [3.63, 3.8) is 0 Å². The van der Waals surface area contributed by atoms with E-state index in [-0.39, 0.29) is 0 Å². The van der Waals surface area contributed by atoms with E-state index in [1.807, 2.05) is 29.2 Å². The first kappa shape index (κ1) is 14.7. The van der Waals surface area contributed by atoms with Crippen LogP contribution >= 0.6 is 0 Å². The van der Waals surface area contributed by atoms with Crippen molar-refractivity contribution < 1.29 is 13.5 Å². The number of rotatable bonds is 5. The van der Waals surface area contributed by atoms with E-state index in [1.54, 1.807) is 24.3 Å². The fourth-order valence-corrected chi connectivity index (χ4v) is 2.69. The smallest absolute Gasteiger partial charge is 0.229 e. The van der Waals surface area contributed by atoms with Gasteiger partial charge in [-0.05, 0) is 6.07 Å². The van der Waals surface area contributed by atoms with E-state index in [4.69, 9.17) is 0 Å². The van der Waals surface area contributed by atoms with Crippen LogP contribution in [0.2, 0.25) is 0 Å². The summed E-state index contributed by atoms with van der Waals surface area (Å²) >= 11 is 0. The Morgan fingerprint density at radius 3 is 2.65 bits per heavy atom. The molecule has 0 bridgehead atoms. The standard InChI is InChI=1S/C13H19N3O3S/c1-15-7-8-16(10-15)9-13(17)11-5-3-4-6-12(11)14-20(2,18)19/h3-8,13-14,17H,9-10H2,1-2H3. The summed E-state index contributed by atoms with van der Waals surface area (Å²) in [6, 6.07) is 6.87. The highest BCUT2D eigenvalue weighted by Crippen LogP contribution is 2.25. The van der Waals surface area contributed by atoms with Gasteiger partial charge in [0.2, 0.25) is 10.0 Å². The Kier molecular flexibility index (Phi) is 4.20. The van der Waals surface area contributed by atoms with Crippen molar-refractivity contribution in [1.82, 2.24) is 9.80 Å². The van der Waals surface area contributed by atoms with Crippen LogP contribution in [0, 0.1) is 0 Å². The number of nitrogens with one attached hydrogen (secondary N) is 1. The largest absolute Gasteiger partial charge is 0.386 e. The summed E-state index contributed by atoms with van der Waals surface area (Å²) in [6.45, 7) is 1.11. The van der Waals surface area contributed by atoms with Gasteiger partial charge >= 0.3 is 0 Å². The van der Waals surface area contributed by atoms with Gasteiger partial charge in [-0.2, -0.15) is 0 Å². The topological polar surface area (TPSA) is 72.9 Å². The van der Waals surface area contributed by atoms with Crippen LogP contribution in [0.1, 0.15) is 11.7 Å². The maximum absolute atomic E-state index is 11.3. The maximum atomic E-state index is 11.3. The van der Waals surface area contributed by atoms with Crippen molar-refractivity contribution in [3.05, 3.63) is 42.2 Å². The van der Waals surface area contributed by atoms with Gasteiger partial charge in [0.15, 0.2) is 0 Å². The number of anilines is 1. The Hall–Kier alpha value is -1.73. The van der Waals surface area contributed by atoms with Gasteiger partial charge in [-0.15, -0.1) is 0 Å². The first-order chi connectivity index (χ1) is 9.35. The molecule has 0 saturated heterocycles. The van der Waals surface area contributed by atoms with Crippen LogP contribution in [-0.2, 0) is 10.0 Å². The Morgan fingerprint density at radius 1 is 1.35 bits per heavy atom. The molecule has 0 saturated carbocycles. The predicted octanol–water partition coefficient (Wildman–Crippen LogP) is 0.768. The van der Waals surface area contributed by atoms with Crippen molar-refractivity contribution in [3.8, 4) is 0 Å². The number of aliphatic hydroxyl groups excluding tert-OH is 1. The average molecular weight is 297 g/mol. The normalized spacial score (nSPS) is 16.6. The third kappa shape index (κ3) is 3.88. The van der Waals surface area contributed by atoms with E-state index in [0.29, 0.717) is 24.5 Å². The Labute approximate surface area is 119 Å². The Bertz CT molecular complexity index is 601. The van der Waals surface area contributed by atoms with E-state index in [0.717, 1.165) is 6.26 Å². The van der Waals surface area contributed by atoms with Gasteiger partial charge in [0.25, 0.3) is 0 Å². The highest BCUT2D eigenvalue weighted by Gasteiger charge is 2.18. The van der Waals surface area contributed by atoms with Crippen molar-refractivity contribution >= 4 is 15.7 Å². The van der Waals surface area contributed by atoms with Gasteiger partial charge in [-0.25, -0.2) is 8.42 Å². The molecule has 1 aromatic carbocycles. The first-order valence-electron chi connectivity index (χ1n) is 6.22. The molecule has 1 atom stereocenters. The van der Waals surface area contributed by atoms with Crippen molar-refractivity contribution in [2.24, 2.45) is 0 Å². The minimum Gasteiger partial charge on any atom is -0.386 e. The molecule has 0 aromatic heterocycles. The highest BCUT2D eigenvalue weighted by molar-refractivity contribution is 7.92. The van der Waals surface area contributed by atoms with Gasteiger partial charge in [-0.1, -0.05) is 18.2 Å². The molecule has 110 valence electrons. The first-order valence-corrected chi connectivity index (χ1v) is 8.12. The summed E-state index contributed by atoms with van der Waals surface area (Å²) < 4.78 is 25.1. The van der Waals surface area contributed by atoms with Gasteiger partial charge in [0.1, 0.15) is 0 Å². The third-order valence-electron chi connectivity index (χ3n) is 2.96. The van der Waals surface area contributed by atoms with Crippen LogP contribution < -0.4 is 4.72 Å². The van der Waals surface area contributed by atoms with Crippen LogP contribution in [0.15, 0.2) is 36.7 Å².